The molecule has 0 saturated heterocycles. The quantitative estimate of drug-likeness (QED) is 0.727. The normalized spacial score (nSPS) is 10.7. The number of hydrogen-bond donors (Lipinski definition) is 1. The number of aromatic nitrogens is 5. The number of hydrogen-bond acceptors (Lipinski definition) is 7. The van der Waals surface area contributed by atoms with Crippen LogP contribution in [0.25, 0.3) is 11.5 Å². The van der Waals surface area contributed by atoms with E-state index in [0.29, 0.717) is 28.6 Å². The van der Waals surface area contributed by atoms with Crippen molar-refractivity contribution in [2.45, 2.75) is 26.8 Å². The van der Waals surface area contributed by atoms with Crippen molar-refractivity contribution >= 4 is 5.91 Å². The van der Waals surface area contributed by atoms with Crippen molar-refractivity contribution in [1.82, 2.24) is 30.0 Å². The van der Waals surface area contributed by atoms with E-state index in [4.69, 9.17) is 4.52 Å². The Kier molecular flexibility index (Phi) is 4.87. The van der Waals surface area contributed by atoms with Crippen molar-refractivity contribution in [2.75, 3.05) is 7.05 Å². The van der Waals surface area contributed by atoms with Crippen LogP contribution in [0.2, 0.25) is 0 Å². The molecule has 3 aromatic heterocycles. The van der Waals surface area contributed by atoms with Crippen LogP contribution in [-0.2, 0) is 17.8 Å². The van der Waals surface area contributed by atoms with Gasteiger partial charge in [0.25, 0.3) is 5.56 Å². The first-order valence-corrected chi connectivity index (χ1v) is 7.98. The van der Waals surface area contributed by atoms with Gasteiger partial charge in [0.1, 0.15) is 11.5 Å². The summed E-state index contributed by atoms with van der Waals surface area (Å²) >= 11 is 0. The third-order valence-electron chi connectivity index (χ3n) is 3.83. The minimum absolute atomic E-state index is 0.0494. The summed E-state index contributed by atoms with van der Waals surface area (Å²) in [5.74, 6) is 0.914. The molecule has 3 rings (SSSR count). The summed E-state index contributed by atoms with van der Waals surface area (Å²) in [7, 11) is 1.61. The van der Waals surface area contributed by atoms with Crippen molar-refractivity contribution in [3.8, 4) is 11.5 Å². The second-order valence-electron chi connectivity index (χ2n) is 5.87. The van der Waals surface area contributed by atoms with Gasteiger partial charge in [0.05, 0.1) is 13.0 Å². The molecule has 0 bridgehead atoms. The van der Waals surface area contributed by atoms with Crippen molar-refractivity contribution in [2.24, 2.45) is 0 Å². The molecule has 0 spiro atoms. The maximum atomic E-state index is 12.4. The number of carbonyl (C=O) groups excluding carboxylic acids is 1. The molecule has 0 fully saturated rings. The number of carbonyl (C=O) groups is 1. The summed E-state index contributed by atoms with van der Waals surface area (Å²) in [6.45, 7) is 3.54. The Morgan fingerprint density at radius 2 is 2.08 bits per heavy atom. The number of likely N-dealkylation sites (N-methyl/N-ethyl adjacent to an activating group) is 1. The monoisotopic (exact) mass is 354 g/mol. The highest BCUT2D eigenvalue weighted by Gasteiger charge is 2.18. The van der Waals surface area contributed by atoms with E-state index in [2.05, 4.69) is 25.1 Å². The van der Waals surface area contributed by atoms with Gasteiger partial charge in [-0.05, 0) is 26.0 Å². The molecule has 0 atom stereocenters. The van der Waals surface area contributed by atoms with Crippen molar-refractivity contribution in [3.63, 3.8) is 0 Å². The van der Waals surface area contributed by atoms with E-state index in [0.717, 1.165) is 0 Å². The molecule has 0 unspecified atom stereocenters. The van der Waals surface area contributed by atoms with Crippen molar-refractivity contribution < 1.29 is 9.32 Å². The van der Waals surface area contributed by atoms with Crippen LogP contribution in [0.15, 0.2) is 33.7 Å². The zero-order valence-corrected chi connectivity index (χ0v) is 14.7. The molecular formula is C17H18N6O3. The van der Waals surface area contributed by atoms with Gasteiger partial charge in [-0.3, -0.25) is 14.6 Å². The fourth-order valence-electron chi connectivity index (χ4n) is 2.45. The summed E-state index contributed by atoms with van der Waals surface area (Å²) in [6, 6.07) is 5.38. The summed E-state index contributed by atoms with van der Waals surface area (Å²) in [4.78, 5) is 41.1. The predicted octanol–water partition coefficient (Wildman–Crippen LogP) is 1.03. The fraction of sp³-hybridized carbons (Fsp3) is 0.294. The third-order valence-corrected chi connectivity index (χ3v) is 3.83. The molecule has 1 N–H and O–H groups in total. The van der Waals surface area contributed by atoms with E-state index < -0.39 is 0 Å². The average Bonchev–Trinajstić information content (AvgIpc) is 3.07. The highest BCUT2D eigenvalue weighted by molar-refractivity contribution is 5.78. The Morgan fingerprint density at radius 1 is 1.27 bits per heavy atom. The summed E-state index contributed by atoms with van der Waals surface area (Å²) < 4.78 is 5.18. The third kappa shape index (κ3) is 3.82. The molecule has 0 aliphatic rings. The highest BCUT2D eigenvalue weighted by atomic mass is 16.5. The molecule has 0 aromatic carbocycles. The van der Waals surface area contributed by atoms with Gasteiger partial charge in [-0.15, -0.1) is 0 Å². The number of nitrogens with one attached hydrogen (secondary N) is 1. The SMILES string of the molecule is Cc1nc(C)c(CC(=O)N(C)Cc2nc(-c3ccccn3)no2)c(=O)[nH]1. The molecule has 26 heavy (non-hydrogen) atoms. The van der Waals surface area contributed by atoms with Crippen molar-refractivity contribution in [3.05, 3.63) is 57.7 Å². The molecule has 0 aliphatic heterocycles. The van der Waals surface area contributed by atoms with Crippen LogP contribution in [0.3, 0.4) is 0 Å². The molecule has 9 nitrogen and oxygen atoms in total. The van der Waals surface area contributed by atoms with Gasteiger partial charge in [0.15, 0.2) is 0 Å². The molecule has 134 valence electrons. The molecule has 3 heterocycles. The minimum Gasteiger partial charge on any atom is -0.337 e. The van der Waals surface area contributed by atoms with E-state index in [1.165, 1.54) is 4.90 Å². The maximum Gasteiger partial charge on any atom is 0.254 e. The van der Waals surface area contributed by atoms with Gasteiger partial charge in [-0.25, -0.2) is 4.98 Å². The molecular weight excluding hydrogens is 336 g/mol. The minimum atomic E-state index is -0.299. The topological polar surface area (TPSA) is 118 Å². The van der Waals surface area contributed by atoms with E-state index in [9.17, 15) is 9.59 Å². The second-order valence-corrected chi connectivity index (χ2v) is 5.87. The summed E-state index contributed by atoms with van der Waals surface area (Å²) in [6.07, 6.45) is 1.59. The van der Waals surface area contributed by atoms with E-state index in [1.807, 2.05) is 6.07 Å². The number of pyridine rings is 1. The zero-order chi connectivity index (χ0) is 18.7. The number of amides is 1. The van der Waals surface area contributed by atoms with E-state index >= 15 is 0 Å². The fourth-order valence-corrected chi connectivity index (χ4v) is 2.45. The number of nitrogens with zero attached hydrogens (tertiary/aromatic N) is 5. The molecule has 9 heteroatoms. The first kappa shape index (κ1) is 17.5. The van der Waals surface area contributed by atoms with Gasteiger partial charge in [-0.1, -0.05) is 11.2 Å². The number of H-pyrrole nitrogens is 1. The Morgan fingerprint density at radius 3 is 2.77 bits per heavy atom. The number of aryl methyl sites for hydroxylation is 2. The van der Waals surface area contributed by atoms with E-state index in [1.54, 1.807) is 39.2 Å². The van der Waals surface area contributed by atoms with Crippen LogP contribution >= 0.6 is 0 Å². The van der Waals surface area contributed by atoms with Gasteiger partial charge in [0.2, 0.25) is 17.6 Å². The Balaban J connectivity index is 1.69. The van der Waals surface area contributed by atoms with Crippen molar-refractivity contribution in [1.29, 1.82) is 0 Å². The standard InChI is InChI=1S/C17H18N6O3/c1-10-12(17(25)20-11(2)19-10)8-15(24)23(3)9-14-21-16(22-26-14)13-6-4-5-7-18-13/h4-7H,8-9H2,1-3H3,(H,19,20,25). The highest BCUT2D eigenvalue weighted by Crippen LogP contribution is 2.13. The lowest BCUT2D eigenvalue weighted by atomic mass is 10.1. The average molecular weight is 354 g/mol. The van der Waals surface area contributed by atoms with Gasteiger partial charge in [0, 0.05) is 24.5 Å². The Hall–Kier alpha value is -3.36. The van der Waals surface area contributed by atoms with Crippen LogP contribution in [0.5, 0.6) is 0 Å². The van der Waals surface area contributed by atoms with Gasteiger partial charge >= 0.3 is 0 Å². The number of rotatable bonds is 5. The van der Waals surface area contributed by atoms with Crippen LogP contribution in [0, 0.1) is 13.8 Å². The van der Waals surface area contributed by atoms with Gasteiger partial charge in [-0.2, -0.15) is 4.98 Å². The van der Waals surface area contributed by atoms with Gasteiger partial charge < -0.3 is 14.4 Å². The van der Waals surface area contributed by atoms with Crippen LogP contribution in [0.1, 0.15) is 23.0 Å². The first-order chi connectivity index (χ1) is 12.4. The van der Waals surface area contributed by atoms with Crippen LogP contribution in [-0.4, -0.2) is 42.9 Å². The summed E-state index contributed by atoms with van der Waals surface area (Å²) in [5, 5.41) is 3.87. The Bertz CT molecular complexity index is 980. The summed E-state index contributed by atoms with van der Waals surface area (Å²) in [5.41, 5.74) is 1.19. The smallest absolute Gasteiger partial charge is 0.254 e. The lowest BCUT2D eigenvalue weighted by Crippen LogP contribution is -2.31. The molecule has 0 radical (unpaired) electrons. The van der Waals surface area contributed by atoms with Crippen LogP contribution < -0.4 is 5.56 Å². The lowest BCUT2D eigenvalue weighted by molar-refractivity contribution is -0.130. The molecule has 0 aliphatic carbocycles. The zero-order valence-electron chi connectivity index (χ0n) is 14.7. The predicted molar refractivity (Wildman–Crippen MR) is 92.0 cm³/mol. The first-order valence-electron chi connectivity index (χ1n) is 7.98. The second kappa shape index (κ2) is 7.26. The number of aromatic amines is 1. The largest absolute Gasteiger partial charge is 0.337 e. The molecule has 0 saturated carbocycles. The van der Waals surface area contributed by atoms with E-state index in [-0.39, 0.29) is 30.3 Å². The maximum absolute atomic E-state index is 12.4. The molecule has 3 aromatic rings. The lowest BCUT2D eigenvalue weighted by Gasteiger charge is -2.15. The Labute approximate surface area is 149 Å². The van der Waals surface area contributed by atoms with Crippen LogP contribution in [0.4, 0.5) is 0 Å². The molecule has 1 amide bonds.